The molecule has 2 atom stereocenters. The second-order valence-corrected chi connectivity index (χ2v) is 11.4. The van der Waals surface area contributed by atoms with Gasteiger partial charge in [-0.15, -0.1) is 0 Å². The summed E-state index contributed by atoms with van der Waals surface area (Å²) in [4.78, 5) is 49.3. The number of Topliss-reactive ketones (excluding diaryl/α,β-unsaturated/α-hetero) is 2. The van der Waals surface area contributed by atoms with Gasteiger partial charge in [-0.05, 0) is 30.6 Å². The van der Waals surface area contributed by atoms with Crippen LogP contribution in [0.5, 0.6) is 0 Å². The van der Waals surface area contributed by atoms with Gasteiger partial charge in [-0.2, -0.15) is 0 Å². The number of carbonyl (C=O) groups is 4. The molecule has 0 heterocycles. The van der Waals surface area contributed by atoms with E-state index < -0.39 is 23.4 Å². The number of hydrogen-bond donors (Lipinski definition) is 3. The highest BCUT2D eigenvalue weighted by molar-refractivity contribution is 5.94. The first-order chi connectivity index (χ1) is 15.0. The van der Waals surface area contributed by atoms with Gasteiger partial charge in [0.2, 0.25) is 5.91 Å². The Labute approximate surface area is 200 Å². The Morgan fingerprint density at radius 2 is 1.58 bits per heavy atom. The lowest BCUT2D eigenvalue weighted by molar-refractivity contribution is -0.136. The Kier molecular flexibility index (Phi) is 13.5. The van der Waals surface area contributed by atoms with Crippen LogP contribution >= 0.6 is 0 Å². The summed E-state index contributed by atoms with van der Waals surface area (Å²) in [6, 6.07) is -1.32. The third-order valence-corrected chi connectivity index (χ3v) is 5.45. The van der Waals surface area contributed by atoms with Crippen LogP contribution in [0.1, 0.15) is 87.5 Å². The second-order valence-electron chi connectivity index (χ2n) is 11.4. The molecule has 2 unspecified atom stereocenters. The molecule has 4 N–H and O–H groups in total. The van der Waals surface area contributed by atoms with Crippen LogP contribution in [0, 0.1) is 22.7 Å². The molecule has 8 heteroatoms. The summed E-state index contributed by atoms with van der Waals surface area (Å²) in [5, 5.41) is 5.37. The second kappa shape index (κ2) is 14.3. The highest BCUT2D eigenvalue weighted by Gasteiger charge is 2.33. The van der Waals surface area contributed by atoms with E-state index >= 15 is 0 Å². The van der Waals surface area contributed by atoms with Crippen LogP contribution in [0.4, 0.5) is 4.79 Å². The first-order valence-corrected chi connectivity index (χ1v) is 12.0. The van der Waals surface area contributed by atoms with Crippen molar-refractivity contribution in [1.29, 1.82) is 0 Å². The Morgan fingerprint density at radius 1 is 0.970 bits per heavy atom. The van der Waals surface area contributed by atoms with Crippen molar-refractivity contribution in [2.75, 3.05) is 19.8 Å². The van der Waals surface area contributed by atoms with Crippen LogP contribution in [0.2, 0.25) is 0 Å². The lowest BCUT2D eigenvalue weighted by atomic mass is 9.83. The summed E-state index contributed by atoms with van der Waals surface area (Å²) in [7, 11) is 0. The molecule has 0 saturated carbocycles. The van der Waals surface area contributed by atoms with Crippen molar-refractivity contribution < 1.29 is 23.9 Å². The summed E-state index contributed by atoms with van der Waals surface area (Å²) in [6.45, 7) is 16.9. The van der Waals surface area contributed by atoms with Crippen molar-refractivity contribution in [3.63, 3.8) is 0 Å². The van der Waals surface area contributed by atoms with E-state index in [1.54, 1.807) is 20.8 Å². The monoisotopic (exact) mass is 469 g/mol. The molecule has 0 aromatic heterocycles. The van der Waals surface area contributed by atoms with Gasteiger partial charge in [0.05, 0.1) is 12.6 Å². The molecular formula is C25H47N3O5. The van der Waals surface area contributed by atoms with Gasteiger partial charge in [-0.1, -0.05) is 55.4 Å². The van der Waals surface area contributed by atoms with Crippen molar-refractivity contribution in [1.82, 2.24) is 10.6 Å². The molecule has 0 aliphatic rings. The summed E-state index contributed by atoms with van der Waals surface area (Å²) in [6.07, 6.45) is 2.17. The fourth-order valence-electron chi connectivity index (χ4n) is 3.23. The van der Waals surface area contributed by atoms with Crippen molar-refractivity contribution in [3.05, 3.63) is 0 Å². The van der Waals surface area contributed by atoms with Crippen LogP contribution in [0.25, 0.3) is 0 Å². The van der Waals surface area contributed by atoms with E-state index in [9.17, 15) is 19.2 Å². The summed E-state index contributed by atoms with van der Waals surface area (Å²) in [5.41, 5.74) is 4.63. The van der Waals surface area contributed by atoms with Gasteiger partial charge in [0, 0.05) is 37.3 Å². The third kappa shape index (κ3) is 14.7. The van der Waals surface area contributed by atoms with E-state index in [1.807, 2.05) is 13.8 Å². The number of nitrogens with one attached hydrogen (secondary N) is 2. The summed E-state index contributed by atoms with van der Waals surface area (Å²) >= 11 is 0. The van der Waals surface area contributed by atoms with Gasteiger partial charge in [-0.3, -0.25) is 14.4 Å². The minimum atomic E-state index is -0.690. The van der Waals surface area contributed by atoms with E-state index in [4.69, 9.17) is 10.5 Å². The van der Waals surface area contributed by atoms with E-state index in [1.165, 1.54) is 0 Å². The van der Waals surface area contributed by atoms with Crippen molar-refractivity contribution in [2.24, 2.45) is 28.4 Å². The highest BCUT2D eigenvalue weighted by atomic mass is 16.5. The molecule has 0 rings (SSSR count). The molecule has 8 nitrogen and oxygen atoms in total. The third-order valence-electron chi connectivity index (χ3n) is 5.45. The summed E-state index contributed by atoms with van der Waals surface area (Å²) < 4.78 is 5.58. The molecule has 0 radical (unpaired) electrons. The number of ketones is 2. The topological polar surface area (TPSA) is 128 Å². The number of hydrogen-bond acceptors (Lipinski definition) is 5. The van der Waals surface area contributed by atoms with Gasteiger partial charge in [0.15, 0.2) is 5.78 Å². The van der Waals surface area contributed by atoms with E-state index in [2.05, 4.69) is 31.4 Å². The fraction of sp³-hybridized carbons (Fsp3) is 0.840. The van der Waals surface area contributed by atoms with Gasteiger partial charge >= 0.3 is 6.03 Å². The largest absolute Gasteiger partial charge is 0.381 e. The first kappa shape index (κ1) is 31.0. The molecule has 33 heavy (non-hydrogen) atoms. The van der Waals surface area contributed by atoms with Crippen LogP contribution in [-0.2, 0) is 19.1 Å². The van der Waals surface area contributed by atoms with Gasteiger partial charge < -0.3 is 21.1 Å². The van der Waals surface area contributed by atoms with E-state index in [0.717, 1.165) is 6.42 Å². The SMILES string of the molecule is CC(C)C(CC(=O)CCOCCC(C)(C)C)C(=O)NC(CCCNC(N)=O)C(=O)C(C)(C)C. The van der Waals surface area contributed by atoms with E-state index in [-0.39, 0.29) is 41.6 Å². The van der Waals surface area contributed by atoms with Crippen LogP contribution < -0.4 is 16.4 Å². The number of carbonyl (C=O) groups excluding carboxylic acids is 4. The predicted octanol–water partition coefficient (Wildman–Crippen LogP) is 3.61. The lowest BCUT2D eigenvalue weighted by Gasteiger charge is -2.28. The van der Waals surface area contributed by atoms with Crippen LogP contribution in [0.3, 0.4) is 0 Å². The lowest BCUT2D eigenvalue weighted by Crippen LogP contribution is -2.49. The summed E-state index contributed by atoms with van der Waals surface area (Å²) in [5.74, 6) is -0.985. The van der Waals surface area contributed by atoms with E-state index in [0.29, 0.717) is 32.6 Å². The zero-order chi connectivity index (χ0) is 25.8. The average Bonchev–Trinajstić information content (AvgIpc) is 2.65. The minimum absolute atomic E-state index is 0.0241. The highest BCUT2D eigenvalue weighted by Crippen LogP contribution is 2.22. The maximum atomic E-state index is 13.1. The Balaban J connectivity index is 4.94. The quantitative estimate of drug-likeness (QED) is 0.316. The van der Waals surface area contributed by atoms with Crippen molar-refractivity contribution in [2.45, 2.75) is 93.5 Å². The fourth-order valence-corrected chi connectivity index (χ4v) is 3.23. The standard InChI is InChI=1S/C25H47N3O5/c1-17(2)19(16-18(29)11-14-33-15-12-24(3,4)5)22(31)28-20(21(30)25(6,7)8)10-9-13-27-23(26)32/h17,19-20H,9-16H2,1-8H3,(H,28,31)(H3,26,27,32). The number of amides is 3. The van der Waals surface area contributed by atoms with Crippen LogP contribution in [-0.4, -0.2) is 49.3 Å². The minimum Gasteiger partial charge on any atom is -0.381 e. The molecule has 0 aromatic rings. The first-order valence-electron chi connectivity index (χ1n) is 12.0. The van der Waals surface area contributed by atoms with Gasteiger partial charge in [-0.25, -0.2) is 4.79 Å². The van der Waals surface area contributed by atoms with Gasteiger partial charge in [0.25, 0.3) is 0 Å². The molecule has 0 spiro atoms. The van der Waals surface area contributed by atoms with Crippen molar-refractivity contribution >= 4 is 23.5 Å². The normalized spacial score (nSPS) is 14.0. The molecule has 0 saturated heterocycles. The molecule has 0 aliphatic carbocycles. The maximum absolute atomic E-state index is 13.1. The molecule has 0 aromatic carbocycles. The number of primary amides is 1. The number of nitrogens with two attached hydrogens (primary N) is 1. The van der Waals surface area contributed by atoms with Crippen LogP contribution in [0.15, 0.2) is 0 Å². The molecule has 0 fully saturated rings. The average molecular weight is 470 g/mol. The molecule has 3 amide bonds. The van der Waals surface area contributed by atoms with Crippen molar-refractivity contribution in [3.8, 4) is 0 Å². The molecule has 192 valence electrons. The molecule has 0 bridgehead atoms. The Bertz CT molecular complexity index is 647. The molecular weight excluding hydrogens is 422 g/mol. The zero-order valence-corrected chi connectivity index (χ0v) is 22.0. The Hall–Kier alpha value is -1.96. The predicted molar refractivity (Wildman–Crippen MR) is 131 cm³/mol. The maximum Gasteiger partial charge on any atom is 0.312 e. The smallest absolute Gasteiger partial charge is 0.312 e. The van der Waals surface area contributed by atoms with Gasteiger partial charge in [0.1, 0.15) is 5.78 Å². The number of urea groups is 1. The Morgan fingerprint density at radius 3 is 2.06 bits per heavy atom. The number of ether oxygens (including phenoxy) is 1. The zero-order valence-electron chi connectivity index (χ0n) is 22.0. The number of rotatable bonds is 15. The molecule has 0 aliphatic heterocycles.